The van der Waals surface area contributed by atoms with Gasteiger partial charge in [-0.2, -0.15) is 0 Å². The van der Waals surface area contributed by atoms with E-state index in [0.717, 1.165) is 0 Å². The van der Waals surface area contributed by atoms with Crippen molar-refractivity contribution < 1.29 is 8.42 Å². The van der Waals surface area contributed by atoms with Gasteiger partial charge in [-0.1, -0.05) is 6.92 Å². The van der Waals surface area contributed by atoms with Crippen LogP contribution < -0.4 is 10.5 Å². The first kappa shape index (κ1) is 13.1. The van der Waals surface area contributed by atoms with Gasteiger partial charge in [0.15, 0.2) is 5.03 Å². The van der Waals surface area contributed by atoms with Crippen LogP contribution in [0.2, 0.25) is 0 Å². The molecule has 0 aliphatic rings. The van der Waals surface area contributed by atoms with Crippen molar-refractivity contribution in [3.05, 3.63) is 12.0 Å². The van der Waals surface area contributed by atoms with Gasteiger partial charge in [0.1, 0.15) is 5.82 Å². The van der Waals surface area contributed by atoms with E-state index in [1.807, 2.05) is 6.92 Å². The van der Waals surface area contributed by atoms with Crippen molar-refractivity contribution in [2.45, 2.75) is 18.9 Å². The topological polar surface area (TPSA) is 90.0 Å². The van der Waals surface area contributed by atoms with E-state index < -0.39 is 10.0 Å². The lowest BCUT2D eigenvalue weighted by molar-refractivity contribution is 0.543. The van der Waals surface area contributed by atoms with Gasteiger partial charge < -0.3 is 10.3 Å². The number of aromatic nitrogens is 2. The monoisotopic (exact) mass is 246 g/mol. The molecule has 0 radical (unpaired) electrons. The van der Waals surface area contributed by atoms with Crippen LogP contribution in [0.4, 0.5) is 0 Å². The van der Waals surface area contributed by atoms with Crippen LogP contribution in [0.25, 0.3) is 0 Å². The Hall–Kier alpha value is -0.920. The molecule has 16 heavy (non-hydrogen) atoms. The summed E-state index contributed by atoms with van der Waals surface area (Å²) in [5.41, 5.74) is 5.41. The Balaban J connectivity index is 2.78. The molecule has 0 aromatic carbocycles. The van der Waals surface area contributed by atoms with Gasteiger partial charge in [-0.05, 0) is 19.4 Å². The number of aryl methyl sites for hydroxylation is 2. The highest BCUT2D eigenvalue weighted by molar-refractivity contribution is 7.89. The Morgan fingerprint density at radius 1 is 1.62 bits per heavy atom. The van der Waals surface area contributed by atoms with Gasteiger partial charge >= 0.3 is 0 Å². The summed E-state index contributed by atoms with van der Waals surface area (Å²) >= 11 is 0. The molecule has 0 aliphatic heterocycles. The van der Waals surface area contributed by atoms with Crippen LogP contribution in [-0.2, 0) is 17.1 Å². The number of nitrogens with zero attached hydrogens (tertiary/aromatic N) is 2. The SMILES string of the molecule is Cc1nc(S(=O)(=O)NCC(C)CN)cn1C. The zero-order valence-corrected chi connectivity index (χ0v) is 10.6. The molecule has 1 heterocycles. The molecule has 0 spiro atoms. The second-order valence-electron chi connectivity index (χ2n) is 3.93. The van der Waals surface area contributed by atoms with Crippen molar-refractivity contribution in [3.63, 3.8) is 0 Å². The maximum atomic E-state index is 11.8. The molecule has 7 heteroatoms. The number of imidazole rings is 1. The molecule has 0 saturated carbocycles. The zero-order valence-electron chi connectivity index (χ0n) is 9.77. The fourth-order valence-electron chi connectivity index (χ4n) is 1.07. The quantitative estimate of drug-likeness (QED) is 0.740. The Kier molecular flexibility index (Phi) is 4.06. The molecular formula is C9H18N4O2S. The third kappa shape index (κ3) is 3.03. The largest absolute Gasteiger partial charge is 0.337 e. The van der Waals surface area contributed by atoms with Crippen LogP contribution in [0.1, 0.15) is 12.7 Å². The first-order valence-electron chi connectivity index (χ1n) is 5.06. The fraction of sp³-hybridized carbons (Fsp3) is 0.667. The van der Waals surface area contributed by atoms with Crippen LogP contribution in [0.3, 0.4) is 0 Å². The summed E-state index contributed by atoms with van der Waals surface area (Å²) in [7, 11) is -1.75. The fourth-order valence-corrected chi connectivity index (χ4v) is 2.27. The minimum atomic E-state index is -3.50. The lowest BCUT2D eigenvalue weighted by Gasteiger charge is -2.08. The van der Waals surface area contributed by atoms with Crippen LogP contribution in [-0.4, -0.2) is 31.1 Å². The van der Waals surface area contributed by atoms with E-state index in [4.69, 9.17) is 5.73 Å². The summed E-state index contributed by atoms with van der Waals surface area (Å²) in [6.07, 6.45) is 1.49. The number of hydrogen-bond acceptors (Lipinski definition) is 4. The van der Waals surface area contributed by atoms with E-state index >= 15 is 0 Å². The maximum Gasteiger partial charge on any atom is 0.259 e. The number of hydrogen-bond donors (Lipinski definition) is 2. The van der Waals surface area contributed by atoms with E-state index in [0.29, 0.717) is 18.9 Å². The first-order chi connectivity index (χ1) is 7.36. The molecule has 3 N–H and O–H groups in total. The number of nitrogens with two attached hydrogens (primary N) is 1. The standard InChI is InChI=1S/C9H18N4O2S/c1-7(4-10)5-11-16(14,15)9-6-13(3)8(2)12-9/h6-7,11H,4-5,10H2,1-3H3. The van der Waals surface area contributed by atoms with Gasteiger partial charge in [-0.3, -0.25) is 0 Å². The Labute approximate surface area is 95.9 Å². The summed E-state index contributed by atoms with van der Waals surface area (Å²) in [6, 6.07) is 0. The lowest BCUT2D eigenvalue weighted by atomic mass is 10.2. The summed E-state index contributed by atoms with van der Waals surface area (Å²) in [6.45, 7) is 4.41. The third-order valence-corrected chi connectivity index (χ3v) is 3.68. The van der Waals surface area contributed by atoms with Crippen molar-refractivity contribution in [2.75, 3.05) is 13.1 Å². The molecule has 1 aromatic rings. The Morgan fingerprint density at radius 2 is 2.25 bits per heavy atom. The molecule has 1 rings (SSSR count). The summed E-state index contributed by atoms with van der Waals surface area (Å²) < 4.78 is 27.7. The number of sulfonamides is 1. The van der Waals surface area contributed by atoms with E-state index in [-0.39, 0.29) is 10.9 Å². The van der Waals surface area contributed by atoms with Crippen molar-refractivity contribution in [3.8, 4) is 0 Å². The lowest BCUT2D eigenvalue weighted by Crippen LogP contribution is -2.31. The van der Waals surface area contributed by atoms with Crippen LogP contribution in [0, 0.1) is 12.8 Å². The zero-order chi connectivity index (χ0) is 12.3. The molecule has 0 saturated heterocycles. The van der Waals surface area contributed by atoms with Crippen molar-refractivity contribution in [2.24, 2.45) is 18.7 Å². The normalized spacial score (nSPS) is 14.0. The minimum absolute atomic E-state index is 0.0525. The Morgan fingerprint density at radius 3 is 2.69 bits per heavy atom. The molecule has 92 valence electrons. The molecule has 0 aliphatic carbocycles. The number of rotatable bonds is 5. The van der Waals surface area contributed by atoms with Crippen molar-refractivity contribution in [1.29, 1.82) is 0 Å². The average molecular weight is 246 g/mol. The van der Waals surface area contributed by atoms with Gasteiger partial charge in [0.2, 0.25) is 0 Å². The summed E-state index contributed by atoms with van der Waals surface area (Å²) in [4.78, 5) is 3.97. The van der Waals surface area contributed by atoms with Gasteiger partial charge in [0, 0.05) is 19.8 Å². The molecule has 0 amide bonds. The highest BCUT2D eigenvalue weighted by Gasteiger charge is 2.18. The van der Waals surface area contributed by atoms with E-state index in [1.165, 1.54) is 6.20 Å². The van der Waals surface area contributed by atoms with Gasteiger partial charge in [0.25, 0.3) is 10.0 Å². The highest BCUT2D eigenvalue weighted by atomic mass is 32.2. The number of nitrogens with one attached hydrogen (secondary N) is 1. The molecule has 6 nitrogen and oxygen atoms in total. The molecule has 0 bridgehead atoms. The van der Waals surface area contributed by atoms with E-state index in [1.54, 1.807) is 18.5 Å². The molecule has 1 atom stereocenters. The van der Waals surface area contributed by atoms with Gasteiger partial charge in [-0.25, -0.2) is 18.1 Å². The van der Waals surface area contributed by atoms with Crippen molar-refractivity contribution in [1.82, 2.24) is 14.3 Å². The predicted octanol–water partition coefficient (Wildman–Crippen LogP) is -0.398. The second-order valence-corrected chi connectivity index (χ2v) is 5.64. The maximum absolute atomic E-state index is 11.8. The Bertz CT molecular complexity index is 433. The summed E-state index contributed by atoms with van der Waals surface area (Å²) in [5, 5.41) is 0.0525. The van der Waals surface area contributed by atoms with Crippen LogP contribution in [0.15, 0.2) is 11.2 Å². The molecule has 1 aromatic heterocycles. The third-order valence-electron chi connectivity index (χ3n) is 2.39. The van der Waals surface area contributed by atoms with E-state index in [2.05, 4.69) is 9.71 Å². The second kappa shape index (κ2) is 4.94. The molecule has 0 fully saturated rings. The summed E-state index contributed by atoms with van der Waals surface area (Å²) in [5.74, 6) is 0.770. The highest BCUT2D eigenvalue weighted by Crippen LogP contribution is 2.07. The van der Waals surface area contributed by atoms with E-state index in [9.17, 15) is 8.42 Å². The average Bonchev–Trinajstić information content (AvgIpc) is 2.56. The minimum Gasteiger partial charge on any atom is -0.337 e. The smallest absolute Gasteiger partial charge is 0.259 e. The van der Waals surface area contributed by atoms with Crippen molar-refractivity contribution >= 4 is 10.0 Å². The molecule has 1 unspecified atom stereocenters. The van der Waals surface area contributed by atoms with Gasteiger partial charge in [-0.15, -0.1) is 0 Å². The first-order valence-corrected chi connectivity index (χ1v) is 6.55. The predicted molar refractivity (Wildman–Crippen MR) is 61.4 cm³/mol. The van der Waals surface area contributed by atoms with Gasteiger partial charge in [0.05, 0.1) is 0 Å². The van der Waals surface area contributed by atoms with Crippen LogP contribution in [0.5, 0.6) is 0 Å². The molecular weight excluding hydrogens is 228 g/mol. The van der Waals surface area contributed by atoms with Crippen LogP contribution >= 0.6 is 0 Å².